The van der Waals surface area contributed by atoms with Crippen molar-refractivity contribution >= 4 is 11.9 Å². The lowest BCUT2D eigenvalue weighted by atomic mass is 10.3. The van der Waals surface area contributed by atoms with Crippen LogP contribution in [0.2, 0.25) is 0 Å². The van der Waals surface area contributed by atoms with E-state index in [9.17, 15) is 0 Å². The summed E-state index contributed by atoms with van der Waals surface area (Å²) in [4.78, 5) is 12.5. The van der Waals surface area contributed by atoms with Crippen molar-refractivity contribution in [1.82, 2.24) is 9.97 Å². The van der Waals surface area contributed by atoms with E-state index in [1.807, 2.05) is 24.3 Å². The predicted molar refractivity (Wildman–Crippen MR) is 55.8 cm³/mol. The second-order valence-corrected chi connectivity index (χ2v) is 3.07. The van der Waals surface area contributed by atoms with Gasteiger partial charge in [-0.1, -0.05) is 0 Å². The van der Waals surface area contributed by atoms with E-state index >= 15 is 0 Å². The van der Waals surface area contributed by atoms with E-state index in [-0.39, 0.29) is 0 Å². The third kappa shape index (κ3) is 1.36. The zero-order chi connectivity index (χ0) is 10.1. The molecule has 3 rings (SSSR count). The summed E-state index contributed by atoms with van der Waals surface area (Å²) in [6.45, 7) is 0. The summed E-state index contributed by atoms with van der Waals surface area (Å²) in [5, 5.41) is 0. The van der Waals surface area contributed by atoms with Crippen molar-refractivity contribution in [1.29, 1.82) is 0 Å². The monoisotopic (exact) mass is 197 g/mol. The van der Waals surface area contributed by atoms with Crippen LogP contribution in [0.3, 0.4) is 0 Å². The largest absolute Gasteiger partial charge is 0.435 e. The zero-order valence-corrected chi connectivity index (χ0v) is 7.79. The fraction of sp³-hybridized carbons (Fsp3) is 0. The molecule has 0 radical (unpaired) electrons. The molecule has 0 saturated heterocycles. The SMILES string of the molecule is C1=Nc2cccnc2Oc2cccnc21. The lowest BCUT2D eigenvalue weighted by Crippen LogP contribution is -1.91. The first-order valence-electron chi connectivity index (χ1n) is 4.55. The Morgan fingerprint density at radius 2 is 1.87 bits per heavy atom. The molecule has 1 aliphatic heterocycles. The molecule has 0 N–H and O–H groups in total. The van der Waals surface area contributed by atoms with E-state index < -0.39 is 0 Å². The normalized spacial score (nSPS) is 12.3. The van der Waals surface area contributed by atoms with Gasteiger partial charge in [0, 0.05) is 12.4 Å². The van der Waals surface area contributed by atoms with Crippen LogP contribution in [0, 0.1) is 0 Å². The van der Waals surface area contributed by atoms with Gasteiger partial charge in [0.05, 0.1) is 6.21 Å². The quantitative estimate of drug-likeness (QED) is 0.555. The number of fused-ring (bicyclic) bond motifs is 2. The summed E-state index contributed by atoms with van der Waals surface area (Å²) in [5.41, 5.74) is 1.44. The molecule has 0 spiro atoms. The lowest BCUT2D eigenvalue weighted by molar-refractivity contribution is 0.463. The van der Waals surface area contributed by atoms with Crippen molar-refractivity contribution < 1.29 is 4.74 Å². The van der Waals surface area contributed by atoms with Crippen LogP contribution < -0.4 is 4.74 Å². The number of hydrogen-bond acceptors (Lipinski definition) is 4. The summed E-state index contributed by atoms with van der Waals surface area (Å²) in [6.07, 6.45) is 5.07. The molecule has 0 amide bonds. The maximum Gasteiger partial charge on any atom is 0.245 e. The number of nitrogens with zero attached hydrogens (tertiary/aromatic N) is 3. The zero-order valence-electron chi connectivity index (χ0n) is 7.79. The van der Waals surface area contributed by atoms with Crippen LogP contribution in [0.4, 0.5) is 5.69 Å². The van der Waals surface area contributed by atoms with E-state index in [4.69, 9.17) is 4.74 Å². The maximum absolute atomic E-state index is 5.60. The Labute approximate surface area is 86.3 Å². The Balaban J connectivity index is 2.19. The standard InChI is InChI=1S/C11H7N3O/c1-3-8-11(13-6-1)15-10-4-2-5-12-9(10)7-14-8/h1-7H. The minimum Gasteiger partial charge on any atom is -0.435 e. The number of rotatable bonds is 0. The van der Waals surface area contributed by atoms with E-state index in [1.165, 1.54) is 0 Å². The molecule has 0 aliphatic carbocycles. The van der Waals surface area contributed by atoms with Crippen LogP contribution in [0.15, 0.2) is 41.7 Å². The van der Waals surface area contributed by atoms with E-state index in [2.05, 4.69) is 15.0 Å². The Kier molecular flexibility index (Phi) is 1.71. The van der Waals surface area contributed by atoms with Crippen molar-refractivity contribution in [3.63, 3.8) is 0 Å². The van der Waals surface area contributed by atoms with Crippen LogP contribution in [0.25, 0.3) is 0 Å². The Morgan fingerprint density at radius 1 is 1.00 bits per heavy atom. The van der Waals surface area contributed by atoms with Crippen molar-refractivity contribution in [3.8, 4) is 11.6 Å². The molecule has 0 aromatic carbocycles. The Hall–Kier alpha value is -2.23. The van der Waals surface area contributed by atoms with Crippen LogP contribution in [0.1, 0.15) is 5.69 Å². The Morgan fingerprint density at radius 3 is 2.87 bits per heavy atom. The van der Waals surface area contributed by atoms with Crippen molar-refractivity contribution in [2.24, 2.45) is 4.99 Å². The van der Waals surface area contributed by atoms with E-state index in [0.29, 0.717) is 11.6 Å². The van der Waals surface area contributed by atoms with Gasteiger partial charge < -0.3 is 4.74 Å². The molecule has 0 atom stereocenters. The minimum absolute atomic E-state index is 0.514. The number of aliphatic imine (C=N–C) groups is 1. The molecule has 72 valence electrons. The van der Waals surface area contributed by atoms with Crippen LogP contribution in [-0.4, -0.2) is 16.2 Å². The fourth-order valence-electron chi connectivity index (χ4n) is 1.38. The number of aromatic nitrogens is 2. The van der Waals surface area contributed by atoms with Crippen LogP contribution in [-0.2, 0) is 0 Å². The second-order valence-electron chi connectivity index (χ2n) is 3.07. The Bertz CT molecular complexity index is 489. The summed E-state index contributed by atoms with van der Waals surface area (Å²) in [6, 6.07) is 7.34. The molecule has 1 aliphatic rings. The highest BCUT2D eigenvalue weighted by Gasteiger charge is 2.11. The third-order valence-electron chi connectivity index (χ3n) is 2.08. The number of pyridine rings is 2. The van der Waals surface area contributed by atoms with Gasteiger partial charge in [0.1, 0.15) is 11.4 Å². The highest BCUT2D eigenvalue weighted by atomic mass is 16.5. The topological polar surface area (TPSA) is 47.4 Å². The van der Waals surface area contributed by atoms with Crippen molar-refractivity contribution in [3.05, 3.63) is 42.4 Å². The highest BCUT2D eigenvalue weighted by molar-refractivity contribution is 5.84. The van der Waals surface area contributed by atoms with Crippen molar-refractivity contribution in [2.75, 3.05) is 0 Å². The van der Waals surface area contributed by atoms with Gasteiger partial charge in [-0.25, -0.2) is 9.98 Å². The van der Waals surface area contributed by atoms with Crippen LogP contribution in [0.5, 0.6) is 11.6 Å². The van der Waals surface area contributed by atoms with Gasteiger partial charge in [-0.15, -0.1) is 0 Å². The molecule has 3 heterocycles. The van der Waals surface area contributed by atoms with Crippen LogP contribution >= 0.6 is 0 Å². The molecule has 2 aromatic heterocycles. The van der Waals surface area contributed by atoms with Crippen molar-refractivity contribution in [2.45, 2.75) is 0 Å². The summed E-state index contributed by atoms with van der Waals surface area (Å²) >= 11 is 0. The first kappa shape index (κ1) is 8.11. The summed E-state index contributed by atoms with van der Waals surface area (Å²) < 4.78 is 5.60. The molecular formula is C11H7N3O. The molecule has 0 unspecified atom stereocenters. The third-order valence-corrected chi connectivity index (χ3v) is 2.08. The van der Waals surface area contributed by atoms with Gasteiger partial charge in [-0.2, -0.15) is 0 Å². The average molecular weight is 197 g/mol. The van der Waals surface area contributed by atoms with E-state index in [1.54, 1.807) is 18.6 Å². The van der Waals surface area contributed by atoms with Gasteiger partial charge in [0.15, 0.2) is 5.75 Å². The molecule has 0 bridgehead atoms. The maximum atomic E-state index is 5.60. The fourth-order valence-corrected chi connectivity index (χ4v) is 1.38. The highest BCUT2D eigenvalue weighted by Crippen LogP contribution is 2.32. The van der Waals surface area contributed by atoms with Gasteiger partial charge >= 0.3 is 0 Å². The minimum atomic E-state index is 0.514. The smallest absolute Gasteiger partial charge is 0.245 e. The van der Waals surface area contributed by atoms with Gasteiger partial charge in [-0.05, 0) is 24.3 Å². The molecule has 0 saturated carbocycles. The second kappa shape index (κ2) is 3.16. The number of hydrogen-bond donors (Lipinski definition) is 0. The molecule has 4 heteroatoms. The molecule has 2 aromatic rings. The molecule has 15 heavy (non-hydrogen) atoms. The number of ether oxygens (including phenoxy) is 1. The summed E-state index contributed by atoms with van der Waals surface area (Å²) in [7, 11) is 0. The molecule has 0 fully saturated rings. The van der Waals surface area contributed by atoms with Gasteiger partial charge in [0.2, 0.25) is 5.88 Å². The van der Waals surface area contributed by atoms with Gasteiger partial charge in [-0.3, -0.25) is 4.98 Å². The average Bonchev–Trinajstić information content (AvgIpc) is 2.48. The molecular weight excluding hydrogens is 190 g/mol. The first-order valence-corrected chi connectivity index (χ1v) is 4.55. The van der Waals surface area contributed by atoms with Gasteiger partial charge in [0.25, 0.3) is 0 Å². The first-order chi connectivity index (χ1) is 7.43. The lowest BCUT2D eigenvalue weighted by Gasteiger charge is -2.04. The predicted octanol–water partition coefficient (Wildman–Crippen LogP) is 2.33. The van der Waals surface area contributed by atoms with E-state index in [0.717, 1.165) is 11.4 Å². The summed E-state index contributed by atoms with van der Waals surface area (Å²) in [5.74, 6) is 1.19. The molecule has 4 nitrogen and oxygen atoms in total.